The number of hydrazone groups is 1. The van der Waals surface area contributed by atoms with Gasteiger partial charge in [0.25, 0.3) is 10.0 Å². The number of nitrogens with zero attached hydrogens (tertiary/aromatic N) is 1. The molecule has 8 heteroatoms. The highest BCUT2D eigenvalue weighted by Crippen LogP contribution is 2.27. The minimum Gasteiger partial charge on any atom is -0.374 e. The Kier molecular flexibility index (Phi) is 6.69. The zero-order valence-electron chi connectivity index (χ0n) is 16.7. The van der Waals surface area contributed by atoms with E-state index in [1.54, 1.807) is 26.0 Å². The maximum atomic E-state index is 12.3. The molecule has 3 rings (SSSR count). The lowest BCUT2D eigenvalue weighted by Crippen LogP contribution is -2.30. The Morgan fingerprint density at radius 2 is 1.79 bits per heavy atom. The summed E-state index contributed by atoms with van der Waals surface area (Å²) in [4.78, 5) is 2.36. The number of sulfonamides is 1. The highest BCUT2D eigenvalue weighted by Gasteiger charge is 2.40. The van der Waals surface area contributed by atoms with Crippen LogP contribution in [-0.4, -0.2) is 39.2 Å². The van der Waals surface area contributed by atoms with Crippen molar-refractivity contribution >= 4 is 16.2 Å². The number of rotatable bonds is 8. The second-order valence-electron chi connectivity index (χ2n) is 7.33. The molecule has 1 aliphatic heterocycles. The molecule has 2 atom stereocenters. The first-order valence-corrected chi connectivity index (χ1v) is 10.8. The summed E-state index contributed by atoms with van der Waals surface area (Å²) in [6, 6.07) is 16.3. The van der Waals surface area contributed by atoms with E-state index in [1.165, 1.54) is 18.3 Å². The van der Waals surface area contributed by atoms with Gasteiger partial charge in [-0.15, -0.1) is 0 Å². The van der Waals surface area contributed by atoms with E-state index in [-0.39, 0.29) is 4.90 Å². The number of hydrogen-bond acceptors (Lipinski definition) is 6. The molecule has 2 aromatic carbocycles. The van der Waals surface area contributed by atoms with Gasteiger partial charge in [0.2, 0.25) is 0 Å². The van der Waals surface area contributed by atoms with E-state index in [9.17, 15) is 8.42 Å². The van der Waals surface area contributed by atoms with Crippen LogP contribution in [0.15, 0.2) is 64.6 Å². The Bertz CT molecular complexity index is 927. The SMILES string of the molecule is Cc1ccc(S(=O)(=O)N/N=C/[C@@H]2OC(C)(C)O[C@H]2COCc2ccccc2)cc1. The zero-order valence-corrected chi connectivity index (χ0v) is 17.6. The summed E-state index contributed by atoms with van der Waals surface area (Å²) in [5.41, 5.74) is 2.03. The van der Waals surface area contributed by atoms with E-state index in [2.05, 4.69) is 9.93 Å². The van der Waals surface area contributed by atoms with Gasteiger partial charge >= 0.3 is 0 Å². The molecular weight excluding hydrogens is 392 g/mol. The second-order valence-corrected chi connectivity index (χ2v) is 8.99. The van der Waals surface area contributed by atoms with E-state index in [0.29, 0.717) is 13.2 Å². The van der Waals surface area contributed by atoms with Gasteiger partial charge in [-0.2, -0.15) is 13.5 Å². The van der Waals surface area contributed by atoms with Gasteiger partial charge in [-0.25, -0.2) is 4.83 Å². The van der Waals surface area contributed by atoms with E-state index in [0.717, 1.165) is 11.1 Å². The molecule has 0 bridgehead atoms. The van der Waals surface area contributed by atoms with Gasteiger partial charge in [0.05, 0.1) is 24.3 Å². The first kappa shape index (κ1) is 21.4. The number of hydrogen-bond donors (Lipinski definition) is 1. The second kappa shape index (κ2) is 9.04. The molecule has 156 valence electrons. The fourth-order valence-electron chi connectivity index (χ4n) is 2.93. The Morgan fingerprint density at radius 1 is 1.10 bits per heavy atom. The molecular formula is C21H26N2O5S. The summed E-state index contributed by atoms with van der Waals surface area (Å²) in [6.45, 7) is 6.22. The van der Waals surface area contributed by atoms with Gasteiger partial charge in [-0.3, -0.25) is 0 Å². The average molecular weight is 419 g/mol. The summed E-state index contributed by atoms with van der Waals surface area (Å²) in [5, 5.41) is 3.88. The number of ether oxygens (including phenoxy) is 3. The van der Waals surface area contributed by atoms with Gasteiger partial charge in [-0.05, 0) is 38.5 Å². The molecule has 0 spiro atoms. The molecule has 29 heavy (non-hydrogen) atoms. The van der Waals surface area contributed by atoms with Crippen LogP contribution in [0.1, 0.15) is 25.0 Å². The lowest BCUT2D eigenvalue weighted by Gasteiger charge is -2.16. The van der Waals surface area contributed by atoms with Gasteiger partial charge in [-0.1, -0.05) is 48.0 Å². The van der Waals surface area contributed by atoms with Crippen molar-refractivity contribution in [1.82, 2.24) is 4.83 Å². The average Bonchev–Trinajstić information content (AvgIpc) is 2.96. The quantitative estimate of drug-likeness (QED) is 0.526. The van der Waals surface area contributed by atoms with Crippen LogP contribution >= 0.6 is 0 Å². The molecule has 1 saturated heterocycles. The van der Waals surface area contributed by atoms with E-state index in [1.807, 2.05) is 37.3 Å². The highest BCUT2D eigenvalue weighted by molar-refractivity contribution is 7.89. The fraction of sp³-hybridized carbons (Fsp3) is 0.381. The first-order valence-electron chi connectivity index (χ1n) is 9.34. The predicted molar refractivity (Wildman–Crippen MR) is 110 cm³/mol. The lowest BCUT2D eigenvalue weighted by molar-refractivity contribution is -0.147. The van der Waals surface area contributed by atoms with Crippen molar-refractivity contribution in [2.45, 2.75) is 50.3 Å². The standard InChI is InChI=1S/C21H26N2O5S/c1-16-9-11-18(12-10-16)29(24,25)23-22-13-19-20(28-21(2,3)27-19)15-26-14-17-7-5-4-6-8-17/h4-13,19-20,23H,14-15H2,1-3H3/b22-13+/t19-,20-/m0/s1. The van der Waals surface area contributed by atoms with E-state index in [4.69, 9.17) is 14.2 Å². The molecule has 0 unspecified atom stereocenters. The van der Waals surface area contributed by atoms with Crippen LogP contribution in [0.2, 0.25) is 0 Å². The topological polar surface area (TPSA) is 86.2 Å². The summed E-state index contributed by atoms with van der Waals surface area (Å²) in [7, 11) is -3.74. The zero-order chi connectivity index (χ0) is 20.9. The van der Waals surface area contributed by atoms with Crippen molar-refractivity contribution < 1.29 is 22.6 Å². The lowest BCUT2D eigenvalue weighted by atomic mass is 10.2. The maximum Gasteiger partial charge on any atom is 0.276 e. The molecule has 0 amide bonds. The van der Waals surface area contributed by atoms with Crippen molar-refractivity contribution in [1.29, 1.82) is 0 Å². The Balaban J connectivity index is 1.58. The minimum absolute atomic E-state index is 0.145. The summed E-state index contributed by atoms with van der Waals surface area (Å²) >= 11 is 0. The molecule has 1 fully saturated rings. The first-order chi connectivity index (χ1) is 13.8. The maximum absolute atomic E-state index is 12.3. The summed E-state index contributed by atoms with van der Waals surface area (Å²) in [6.07, 6.45) is 0.458. The van der Waals surface area contributed by atoms with Crippen LogP contribution in [0.25, 0.3) is 0 Å². The third kappa shape index (κ3) is 6.11. The molecule has 0 aromatic heterocycles. The van der Waals surface area contributed by atoms with Crippen molar-refractivity contribution in [2.75, 3.05) is 6.61 Å². The third-order valence-corrected chi connectivity index (χ3v) is 5.58. The Hall–Kier alpha value is -2.26. The molecule has 2 aromatic rings. The number of nitrogens with one attached hydrogen (secondary N) is 1. The molecule has 1 N–H and O–H groups in total. The molecule has 0 saturated carbocycles. The highest BCUT2D eigenvalue weighted by atomic mass is 32.2. The predicted octanol–water partition coefficient (Wildman–Crippen LogP) is 3.00. The van der Waals surface area contributed by atoms with Crippen molar-refractivity contribution in [3.63, 3.8) is 0 Å². The molecule has 0 aliphatic carbocycles. The van der Waals surface area contributed by atoms with Gasteiger partial charge in [0.15, 0.2) is 5.79 Å². The smallest absolute Gasteiger partial charge is 0.276 e. The van der Waals surface area contributed by atoms with E-state index < -0.39 is 28.0 Å². The minimum atomic E-state index is -3.74. The van der Waals surface area contributed by atoms with Crippen LogP contribution in [0, 0.1) is 6.92 Å². The summed E-state index contributed by atoms with van der Waals surface area (Å²) < 4.78 is 42.1. The number of benzene rings is 2. The molecule has 1 heterocycles. The van der Waals surface area contributed by atoms with Crippen LogP contribution < -0.4 is 4.83 Å². The normalized spacial score (nSPS) is 21.5. The van der Waals surface area contributed by atoms with Crippen LogP contribution in [0.3, 0.4) is 0 Å². The van der Waals surface area contributed by atoms with Crippen molar-refractivity contribution in [3.05, 3.63) is 65.7 Å². The Labute approximate surface area is 171 Å². The van der Waals surface area contributed by atoms with E-state index >= 15 is 0 Å². The monoisotopic (exact) mass is 418 g/mol. The van der Waals surface area contributed by atoms with Gasteiger partial charge in [0, 0.05) is 0 Å². The molecule has 1 aliphatic rings. The van der Waals surface area contributed by atoms with Crippen LogP contribution in [0.5, 0.6) is 0 Å². The van der Waals surface area contributed by atoms with Crippen LogP contribution in [0.4, 0.5) is 0 Å². The van der Waals surface area contributed by atoms with Crippen LogP contribution in [-0.2, 0) is 30.8 Å². The summed E-state index contributed by atoms with van der Waals surface area (Å²) in [5.74, 6) is -0.812. The number of aryl methyl sites for hydroxylation is 1. The van der Waals surface area contributed by atoms with Crippen molar-refractivity contribution in [2.24, 2.45) is 5.10 Å². The van der Waals surface area contributed by atoms with Gasteiger partial charge in [0.1, 0.15) is 12.2 Å². The third-order valence-electron chi connectivity index (χ3n) is 4.34. The van der Waals surface area contributed by atoms with Gasteiger partial charge < -0.3 is 14.2 Å². The largest absolute Gasteiger partial charge is 0.374 e. The molecule has 0 radical (unpaired) electrons. The fourth-order valence-corrected chi connectivity index (χ4v) is 3.73. The van der Waals surface area contributed by atoms with Crippen molar-refractivity contribution in [3.8, 4) is 0 Å². The molecule has 7 nitrogen and oxygen atoms in total. The Morgan fingerprint density at radius 3 is 2.48 bits per heavy atom.